The van der Waals surface area contributed by atoms with Crippen molar-refractivity contribution in [1.29, 1.82) is 0 Å². The summed E-state index contributed by atoms with van der Waals surface area (Å²) < 4.78 is 26.2. The fourth-order valence-electron chi connectivity index (χ4n) is 1.86. The molecule has 0 amide bonds. The molecule has 1 aromatic carbocycles. The molecule has 1 aromatic rings. The minimum Gasteiger partial charge on any atom is -0.393 e. The Bertz CT molecular complexity index is 339. The van der Waals surface area contributed by atoms with E-state index in [0.29, 0.717) is 6.42 Å². The molecule has 0 aliphatic carbocycles. The van der Waals surface area contributed by atoms with E-state index in [0.717, 1.165) is 43.9 Å². The van der Waals surface area contributed by atoms with E-state index < -0.39 is 17.7 Å². The van der Waals surface area contributed by atoms with Crippen LogP contribution in [-0.2, 0) is 6.42 Å². The maximum Gasteiger partial charge on any atom is 0.126 e. The van der Waals surface area contributed by atoms with E-state index in [9.17, 15) is 13.9 Å². The molecule has 0 radical (unpaired) electrons. The SMILES string of the molecule is CCCCCCC(O)Cc1cc(F)ccc1F. The highest BCUT2D eigenvalue weighted by Gasteiger charge is 2.10. The van der Waals surface area contributed by atoms with E-state index in [1.807, 2.05) is 0 Å². The van der Waals surface area contributed by atoms with Gasteiger partial charge in [-0.25, -0.2) is 8.78 Å². The third-order valence-electron chi connectivity index (χ3n) is 2.85. The zero-order valence-corrected chi connectivity index (χ0v) is 10.3. The first-order valence-corrected chi connectivity index (χ1v) is 6.25. The predicted octanol–water partition coefficient (Wildman–Crippen LogP) is 3.84. The van der Waals surface area contributed by atoms with Crippen LogP contribution in [-0.4, -0.2) is 11.2 Å². The Morgan fingerprint density at radius 1 is 1.18 bits per heavy atom. The van der Waals surface area contributed by atoms with Crippen LogP contribution in [0.1, 0.15) is 44.6 Å². The van der Waals surface area contributed by atoms with Gasteiger partial charge in [-0.2, -0.15) is 0 Å². The molecule has 96 valence electrons. The molecule has 0 fully saturated rings. The van der Waals surface area contributed by atoms with E-state index in [-0.39, 0.29) is 12.0 Å². The van der Waals surface area contributed by atoms with Crippen molar-refractivity contribution in [2.75, 3.05) is 0 Å². The molecule has 1 unspecified atom stereocenters. The lowest BCUT2D eigenvalue weighted by Gasteiger charge is -2.11. The van der Waals surface area contributed by atoms with Crippen molar-refractivity contribution in [1.82, 2.24) is 0 Å². The third kappa shape index (κ3) is 5.26. The summed E-state index contributed by atoms with van der Waals surface area (Å²) in [6.45, 7) is 2.12. The highest BCUT2D eigenvalue weighted by Crippen LogP contribution is 2.15. The van der Waals surface area contributed by atoms with Crippen molar-refractivity contribution >= 4 is 0 Å². The van der Waals surface area contributed by atoms with Gasteiger partial charge in [0.05, 0.1) is 6.10 Å². The Morgan fingerprint density at radius 3 is 2.65 bits per heavy atom. The number of aliphatic hydroxyl groups excluding tert-OH is 1. The van der Waals surface area contributed by atoms with Crippen molar-refractivity contribution in [2.24, 2.45) is 0 Å². The molecule has 0 aliphatic heterocycles. The van der Waals surface area contributed by atoms with Gasteiger partial charge < -0.3 is 5.11 Å². The molecular weight excluding hydrogens is 222 g/mol. The van der Waals surface area contributed by atoms with Crippen LogP contribution in [0.2, 0.25) is 0 Å². The maximum absolute atomic E-state index is 13.3. The minimum absolute atomic E-state index is 0.190. The second-order valence-corrected chi connectivity index (χ2v) is 4.44. The van der Waals surface area contributed by atoms with Gasteiger partial charge in [-0.3, -0.25) is 0 Å². The van der Waals surface area contributed by atoms with E-state index >= 15 is 0 Å². The molecular formula is C14H20F2O. The van der Waals surface area contributed by atoms with Crippen molar-refractivity contribution in [3.05, 3.63) is 35.4 Å². The lowest BCUT2D eigenvalue weighted by Crippen LogP contribution is -2.11. The first-order chi connectivity index (χ1) is 8.13. The van der Waals surface area contributed by atoms with Gasteiger partial charge >= 0.3 is 0 Å². The summed E-state index contributed by atoms with van der Waals surface area (Å²) in [4.78, 5) is 0. The molecule has 1 rings (SSSR count). The van der Waals surface area contributed by atoms with E-state index in [1.54, 1.807) is 0 Å². The molecule has 0 heterocycles. The topological polar surface area (TPSA) is 20.2 Å². The lowest BCUT2D eigenvalue weighted by atomic mass is 10.0. The van der Waals surface area contributed by atoms with Gasteiger partial charge in [-0.05, 0) is 30.2 Å². The van der Waals surface area contributed by atoms with E-state index in [1.165, 1.54) is 0 Å². The maximum atomic E-state index is 13.3. The Morgan fingerprint density at radius 2 is 1.94 bits per heavy atom. The first kappa shape index (κ1) is 14.1. The van der Waals surface area contributed by atoms with Crippen LogP contribution in [0, 0.1) is 11.6 Å². The number of hydrogen-bond acceptors (Lipinski definition) is 1. The predicted molar refractivity (Wildman–Crippen MR) is 64.8 cm³/mol. The zero-order valence-electron chi connectivity index (χ0n) is 10.3. The number of rotatable bonds is 7. The fourth-order valence-corrected chi connectivity index (χ4v) is 1.86. The summed E-state index contributed by atoms with van der Waals surface area (Å²) in [5.74, 6) is -0.904. The molecule has 0 aromatic heterocycles. The van der Waals surface area contributed by atoms with Crippen molar-refractivity contribution in [3.8, 4) is 0 Å². The van der Waals surface area contributed by atoms with Gasteiger partial charge in [0.1, 0.15) is 11.6 Å². The standard InChI is InChI=1S/C14H20F2O/c1-2-3-4-5-6-13(17)10-11-9-12(15)7-8-14(11)16/h7-9,13,17H,2-6,10H2,1H3. The summed E-state index contributed by atoms with van der Waals surface area (Å²) in [5.41, 5.74) is 0.257. The average Bonchev–Trinajstić information content (AvgIpc) is 2.29. The van der Waals surface area contributed by atoms with Crippen LogP contribution < -0.4 is 0 Å². The molecule has 1 atom stereocenters. The second kappa shape index (κ2) is 7.38. The quantitative estimate of drug-likeness (QED) is 0.720. The molecule has 0 spiro atoms. The van der Waals surface area contributed by atoms with Crippen LogP contribution in [0.15, 0.2) is 18.2 Å². The molecule has 0 aliphatic rings. The smallest absolute Gasteiger partial charge is 0.126 e. The first-order valence-electron chi connectivity index (χ1n) is 6.25. The molecule has 1 N–H and O–H groups in total. The molecule has 0 saturated carbocycles. The number of aliphatic hydroxyl groups is 1. The van der Waals surface area contributed by atoms with E-state index in [2.05, 4.69) is 6.92 Å². The van der Waals surface area contributed by atoms with Gasteiger partial charge in [-0.15, -0.1) is 0 Å². The molecule has 17 heavy (non-hydrogen) atoms. The van der Waals surface area contributed by atoms with Crippen molar-refractivity contribution < 1.29 is 13.9 Å². The van der Waals surface area contributed by atoms with Gasteiger partial charge in [0.25, 0.3) is 0 Å². The Balaban J connectivity index is 2.39. The second-order valence-electron chi connectivity index (χ2n) is 4.44. The lowest BCUT2D eigenvalue weighted by molar-refractivity contribution is 0.159. The Hall–Kier alpha value is -0.960. The number of unbranched alkanes of at least 4 members (excludes halogenated alkanes) is 3. The van der Waals surface area contributed by atoms with Crippen molar-refractivity contribution in [3.63, 3.8) is 0 Å². The minimum atomic E-state index is -0.580. The zero-order chi connectivity index (χ0) is 12.7. The molecule has 0 saturated heterocycles. The van der Waals surface area contributed by atoms with Gasteiger partial charge in [0.2, 0.25) is 0 Å². The van der Waals surface area contributed by atoms with Crippen molar-refractivity contribution in [2.45, 2.75) is 51.6 Å². The molecule has 3 heteroatoms. The highest BCUT2D eigenvalue weighted by atomic mass is 19.1. The summed E-state index contributed by atoms with van der Waals surface area (Å²) in [6, 6.07) is 3.35. The van der Waals surface area contributed by atoms with Crippen LogP contribution in [0.5, 0.6) is 0 Å². The normalized spacial score (nSPS) is 12.7. The Labute approximate surface area is 101 Å². The largest absolute Gasteiger partial charge is 0.393 e. The fraction of sp³-hybridized carbons (Fsp3) is 0.571. The number of halogens is 2. The number of hydrogen-bond donors (Lipinski definition) is 1. The average molecular weight is 242 g/mol. The summed E-state index contributed by atoms with van der Waals surface area (Å²) in [5, 5.41) is 9.73. The van der Waals surface area contributed by atoms with Gasteiger partial charge in [-0.1, -0.05) is 32.6 Å². The van der Waals surface area contributed by atoms with Crippen LogP contribution in [0.4, 0.5) is 8.78 Å². The summed E-state index contributed by atoms with van der Waals surface area (Å²) in [7, 11) is 0. The highest BCUT2D eigenvalue weighted by molar-refractivity contribution is 5.19. The van der Waals surface area contributed by atoms with Crippen LogP contribution in [0.25, 0.3) is 0 Å². The summed E-state index contributed by atoms with van der Waals surface area (Å²) >= 11 is 0. The number of benzene rings is 1. The Kier molecular flexibility index (Phi) is 6.12. The van der Waals surface area contributed by atoms with Crippen LogP contribution >= 0.6 is 0 Å². The summed E-state index contributed by atoms with van der Waals surface area (Å²) in [6.07, 6.45) is 4.58. The third-order valence-corrected chi connectivity index (χ3v) is 2.85. The van der Waals surface area contributed by atoms with E-state index in [4.69, 9.17) is 0 Å². The van der Waals surface area contributed by atoms with Crippen LogP contribution in [0.3, 0.4) is 0 Å². The van der Waals surface area contributed by atoms with Gasteiger partial charge in [0, 0.05) is 6.42 Å². The molecule has 1 nitrogen and oxygen atoms in total. The van der Waals surface area contributed by atoms with Gasteiger partial charge in [0.15, 0.2) is 0 Å². The monoisotopic (exact) mass is 242 g/mol. The molecule has 0 bridgehead atoms.